The lowest BCUT2D eigenvalue weighted by atomic mass is 10.0. The molecule has 1 fully saturated rings. The van der Waals surface area contributed by atoms with Gasteiger partial charge < -0.3 is 10.6 Å². The Bertz CT molecular complexity index is 1250. The van der Waals surface area contributed by atoms with Crippen molar-refractivity contribution >= 4 is 40.8 Å². The first-order valence-corrected chi connectivity index (χ1v) is 13.1. The van der Waals surface area contributed by atoms with Crippen molar-refractivity contribution in [2.24, 2.45) is 0 Å². The van der Waals surface area contributed by atoms with Crippen LogP contribution >= 0.6 is 11.6 Å². The SMILES string of the molecule is O=C(CCCC(=O)N(c1ccccc1F)[C@@H](C(=O)NC1CCCC1)c1ccc(Cl)cc1)Nc1ccccn1. The van der Waals surface area contributed by atoms with Crippen LogP contribution in [0.4, 0.5) is 15.9 Å². The van der Waals surface area contributed by atoms with Crippen LogP contribution in [0.2, 0.25) is 5.02 Å². The van der Waals surface area contributed by atoms with Crippen molar-refractivity contribution in [2.45, 2.75) is 57.0 Å². The molecule has 0 saturated heterocycles. The summed E-state index contributed by atoms with van der Waals surface area (Å²) in [5, 5.41) is 6.22. The van der Waals surface area contributed by atoms with Gasteiger partial charge in [0.25, 0.3) is 0 Å². The number of nitrogens with zero attached hydrogens (tertiary/aromatic N) is 2. The van der Waals surface area contributed by atoms with Crippen LogP contribution in [0.3, 0.4) is 0 Å². The number of hydrogen-bond acceptors (Lipinski definition) is 4. The van der Waals surface area contributed by atoms with Crippen molar-refractivity contribution in [3.05, 3.63) is 89.3 Å². The first-order valence-electron chi connectivity index (χ1n) is 12.8. The fourth-order valence-electron chi connectivity index (χ4n) is 4.64. The minimum atomic E-state index is -1.11. The maximum absolute atomic E-state index is 15.1. The number of carbonyl (C=O) groups excluding carboxylic acids is 3. The molecule has 0 aliphatic heterocycles. The van der Waals surface area contributed by atoms with Gasteiger partial charge in [-0.15, -0.1) is 0 Å². The Morgan fingerprint density at radius 2 is 1.68 bits per heavy atom. The van der Waals surface area contributed by atoms with Gasteiger partial charge in [0.15, 0.2) is 0 Å². The highest BCUT2D eigenvalue weighted by Crippen LogP contribution is 2.32. The Kier molecular flexibility index (Phi) is 9.43. The Morgan fingerprint density at radius 1 is 0.974 bits per heavy atom. The van der Waals surface area contributed by atoms with E-state index in [-0.39, 0.29) is 42.8 Å². The Hall–Kier alpha value is -3.78. The standard InChI is InChI=1S/C29H30ClFN4O3/c30-21-17-15-20(16-18-21)28(29(38)33-22-8-1-2-9-22)35(24-11-4-3-10-23(24)31)27(37)14-7-13-26(36)34-25-12-5-6-19-32-25/h3-6,10-12,15-19,22,28H,1-2,7-9,13-14H2,(H,33,38)(H,32,34,36)/t28-/m1/s1. The van der Waals surface area contributed by atoms with Gasteiger partial charge in [0, 0.05) is 30.1 Å². The van der Waals surface area contributed by atoms with E-state index in [9.17, 15) is 14.4 Å². The van der Waals surface area contributed by atoms with E-state index < -0.39 is 17.8 Å². The van der Waals surface area contributed by atoms with Gasteiger partial charge in [0.1, 0.15) is 17.7 Å². The van der Waals surface area contributed by atoms with Gasteiger partial charge in [-0.2, -0.15) is 0 Å². The highest BCUT2D eigenvalue weighted by atomic mass is 35.5. The van der Waals surface area contributed by atoms with Gasteiger partial charge in [-0.05, 0) is 61.2 Å². The summed E-state index contributed by atoms with van der Waals surface area (Å²) >= 11 is 6.09. The molecule has 1 heterocycles. The highest BCUT2D eigenvalue weighted by molar-refractivity contribution is 6.30. The smallest absolute Gasteiger partial charge is 0.248 e. The second-order valence-electron chi connectivity index (χ2n) is 9.28. The topological polar surface area (TPSA) is 91.4 Å². The van der Waals surface area contributed by atoms with Crippen molar-refractivity contribution in [2.75, 3.05) is 10.2 Å². The Balaban J connectivity index is 1.58. The molecule has 2 N–H and O–H groups in total. The number of rotatable bonds is 10. The van der Waals surface area contributed by atoms with Crippen LogP contribution in [0.5, 0.6) is 0 Å². The molecule has 9 heteroatoms. The molecule has 1 atom stereocenters. The summed E-state index contributed by atoms with van der Waals surface area (Å²) < 4.78 is 15.1. The van der Waals surface area contributed by atoms with E-state index in [4.69, 9.17) is 11.6 Å². The van der Waals surface area contributed by atoms with E-state index in [0.717, 1.165) is 25.7 Å². The summed E-state index contributed by atoms with van der Waals surface area (Å²) in [5.74, 6) is -1.35. The first-order chi connectivity index (χ1) is 18.4. The predicted molar refractivity (Wildman–Crippen MR) is 145 cm³/mol. The van der Waals surface area contributed by atoms with Crippen molar-refractivity contribution in [1.82, 2.24) is 10.3 Å². The molecule has 1 aliphatic carbocycles. The molecule has 4 rings (SSSR count). The summed E-state index contributed by atoms with van der Waals surface area (Å²) in [6.07, 6.45) is 5.54. The van der Waals surface area contributed by atoms with Crippen LogP contribution in [-0.4, -0.2) is 28.7 Å². The summed E-state index contributed by atoms with van der Waals surface area (Å²) in [6, 6.07) is 16.6. The third-order valence-electron chi connectivity index (χ3n) is 6.50. The summed E-state index contributed by atoms with van der Waals surface area (Å²) in [5.41, 5.74) is 0.506. The van der Waals surface area contributed by atoms with Crippen LogP contribution in [0.25, 0.3) is 0 Å². The number of aromatic nitrogens is 1. The average molecular weight is 537 g/mol. The molecule has 3 amide bonds. The Labute approximate surface area is 226 Å². The number of benzene rings is 2. The number of para-hydroxylation sites is 1. The van der Waals surface area contributed by atoms with E-state index >= 15 is 4.39 Å². The normalized spacial score (nSPS) is 14.1. The van der Waals surface area contributed by atoms with Crippen LogP contribution < -0.4 is 15.5 Å². The number of pyridine rings is 1. The van der Waals surface area contributed by atoms with Crippen LogP contribution in [0.15, 0.2) is 72.9 Å². The molecule has 38 heavy (non-hydrogen) atoms. The summed E-state index contributed by atoms with van der Waals surface area (Å²) in [4.78, 5) is 45.0. The molecule has 2 aromatic carbocycles. The number of amides is 3. The lowest BCUT2D eigenvalue weighted by Gasteiger charge is -2.32. The fourth-order valence-corrected chi connectivity index (χ4v) is 4.77. The average Bonchev–Trinajstić information content (AvgIpc) is 3.42. The highest BCUT2D eigenvalue weighted by Gasteiger charge is 2.35. The number of hydrogen-bond donors (Lipinski definition) is 2. The molecule has 0 unspecified atom stereocenters. The van der Waals surface area contributed by atoms with Crippen molar-refractivity contribution in [3.63, 3.8) is 0 Å². The number of carbonyl (C=O) groups is 3. The molecule has 1 aromatic heterocycles. The maximum Gasteiger partial charge on any atom is 0.248 e. The summed E-state index contributed by atoms with van der Waals surface area (Å²) in [7, 11) is 0. The second-order valence-corrected chi connectivity index (χ2v) is 9.71. The summed E-state index contributed by atoms with van der Waals surface area (Å²) in [6.45, 7) is 0. The largest absolute Gasteiger partial charge is 0.351 e. The molecule has 198 valence electrons. The van der Waals surface area contributed by atoms with Gasteiger partial charge in [-0.1, -0.05) is 54.8 Å². The second kappa shape index (κ2) is 13.1. The van der Waals surface area contributed by atoms with Gasteiger partial charge in [-0.3, -0.25) is 19.3 Å². The molecule has 1 aliphatic rings. The third-order valence-corrected chi connectivity index (χ3v) is 6.75. The van der Waals surface area contributed by atoms with E-state index in [1.165, 1.54) is 23.1 Å². The molecule has 3 aromatic rings. The van der Waals surface area contributed by atoms with E-state index in [2.05, 4.69) is 15.6 Å². The molecule has 1 saturated carbocycles. The predicted octanol–water partition coefficient (Wildman–Crippen LogP) is 5.82. The maximum atomic E-state index is 15.1. The number of nitrogens with one attached hydrogen (secondary N) is 2. The van der Waals surface area contributed by atoms with Crippen molar-refractivity contribution in [3.8, 4) is 0 Å². The van der Waals surface area contributed by atoms with E-state index in [1.54, 1.807) is 54.7 Å². The number of halogens is 2. The lowest BCUT2D eigenvalue weighted by molar-refractivity contribution is -0.127. The molecular weight excluding hydrogens is 507 g/mol. The molecule has 0 bridgehead atoms. The van der Waals surface area contributed by atoms with Crippen LogP contribution in [-0.2, 0) is 14.4 Å². The zero-order valence-electron chi connectivity index (χ0n) is 20.9. The molecule has 7 nitrogen and oxygen atoms in total. The van der Waals surface area contributed by atoms with E-state index in [1.807, 2.05) is 0 Å². The van der Waals surface area contributed by atoms with Crippen LogP contribution in [0, 0.1) is 5.82 Å². The monoisotopic (exact) mass is 536 g/mol. The lowest BCUT2D eigenvalue weighted by Crippen LogP contribution is -2.46. The van der Waals surface area contributed by atoms with Crippen LogP contribution in [0.1, 0.15) is 56.6 Å². The van der Waals surface area contributed by atoms with Gasteiger partial charge in [0.2, 0.25) is 17.7 Å². The van der Waals surface area contributed by atoms with Crippen molar-refractivity contribution in [1.29, 1.82) is 0 Å². The molecule has 0 radical (unpaired) electrons. The minimum Gasteiger partial charge on any atom is -0.351 e. The van der Waals surface area contributed by atoms with Gasteiger partial charge in [-0.25, -0.2) is 9.37 Å². The van der Waals surface area contributed by atoms with E-state index in [0.29, 0.717) is 16.4 Å². The Morgan fingerprint density at radius 3 is 2.37 bits per heavy atom. The minimum absolute atomic E-state index is 0.00282. The quantitative estimate of drug-likeness (QED) is 0.342. The van der Waals surface area contributed by atoms with Gasteiger partial charge in [0.05, 0.1) is 5.69 Å². The fraction of sp³-hybridized carbons (Fsp3) is 0.310. The van der Waals surface area contributed by atoms with Crippen molar-refractivity contribution < 1.29 is 18.8 Å². The third kappa shape index (κ3) is 7.16. The first kappa shape index (κ1) is 27.3. The zero-order valence-corrected chi connectivity index (χ0v) is 21.7. The number of anilines is 2. The molecule has 0 spiro atoms. The van der Waals surface area contributed by atoms with Gasteiger partial charge >= 0.3 is 0 Å². The molecular formula is C29H30ClFN4O3. The zero-order chi connectivity index (χ0) is 26.9.